The zero-order valence-electron chi connectivity index (χ0n) is 20.2. The Morgan fingerprint density at radius 2 is 1.26 bits per heavy atom. The van der Waals surface area contributed by atoms with Gasteiger partial charge in [0.15, 0.2) is 0 Å². The molecule has 0 spiro atoms. The van der Waals surface area contributed by atoms with Gasteiger partial charge in [0.05, 0.1) is 17.9 Å². The van der Waals surface area contributed by atoms with Crippen molar-refractivity contribution in [1.29, 1.82) is 0 Å². The Morgan fingerprint density at radius 3 is 1.60 bits per heavy atom. The van der Waals surface area contributed by atoms with Gasteiger partial charge in [-0.2, -0.15) is 0 Å². The SMILES string of the molecule is COC(=O)[C@@H](NC(=O)[C@@H](N)CSC(c1ccccc1)(c1ccccc1)c1ccccc1)C(C)C.Cl. The van der Waals surface area contributed by atoms with E-state index in [-0.39, 0.29) is 24.2 Å². The van der Waals surface area contributed by atoms with Gasteiger partial charge in [0, 0.05) is 5.75 Å². The standard InChI is InChI=1S/C28H32N2O3S.ClH/c1-20(2)25(27(32)33-3)30-26(31)24(29)19-34-28(21-13-7-4-8-14-21,22-15-9-5-10-16-22)23-17-11-6-12-18-23;/h4-18,20,24-25H,19,29H2,1-3H3,(H,30,31);1H/t24-,25-;/m0./s1. The first-order chi connectivity index (χ1) is 16.4. The third kappa shape index (κ3) is 6.66. The Hall–Kier alpha value is -2.80. The van der Waals surface area contributed by atoms with E-state index in [1.165, 1.54) is 7.11 Å². The molecule has 7 heteroatoms. The summed E-state index contributed by atoms with van der Waals surface area (Å²) in [4.78, 5) is 25.0. The van der Waals surface area contributed by atoms with Crippen molar-refractivity contribution in [3.05, 3.63) is 108 Å². The molecule has 35 heavy (non-hydrogen) atoms. The highest BCUT2D eigenvalue weighted by Gasteiger charge is 2.38. The second kappa shape index (κ2) is 13.3. The van der Waals surface area contributed by atoms with Crippen LogP contribution in [0, 0.1) is 5.92 Å². The van der Waals surface area contributed by atoms with Crippen LogP contribution in [0.15, 0.2) is 91.0 Å². The van der Waals surface area contributed by atoms with Crippen LogP contribution in [0.3, 0.4) is 0 Å². The van der Waals surface area contributed by atoms with E-state index in [9.17, 15) is 9.59 Å². The first kappa shape index (κ1) is 28.4. The van der Waals surface area contributed by atoms with Crippen LogP contribution in [0.5, 0.6) is 0 Å². The Balaban J connectivity index is 0.00000432. The highest BCUT2D eigenvalue weighted by atomic mass is 35.5. The molecule has 2 atom stereocenters. The number of benzene rings is 3. The van der Waals surface area contributed by atoms with Crippen LogP contribution in [0.4, 0.5) is 0 Å². The van der Waals surface area contributed by atoms with Crippen molar-refractivity contribution < 1.29 is 14.3 Å². The van der Waals surface area contributed by atoms with Gasteiger partial charge in [-0.05, 0) is 22.6 Å². The van der Waals surface area contributed by atoms with E-state index in [2.05, 4.69) is 41.7 Å². The molecule has 0 aromatic heterocycles. The molecule has 3 aromatic rings. The minimum atomic E-state index is -0.814. The molecule has 0 heterocycles. The van der Waals surface area contributed by atoms with Gasteiger partial charge in [0.1, 0.15) is 6.04 Å². The lowest BCUT2D eigenvalue weighted by atomic mass is 9.84. The normalized spacial score (nSPS) is 12.8. The molecule has 5 nitrogen and oxygen atoms in total. The number of ether oxygens (including phenoxy) is 1. The number of halogens is 1. The van der Waals surface area contributed by atoms with Gasteiger partial charge in [-0.25, -0.2) is 4.79 Å². The minimum absolute atomic E-state index is 0. The summed E-state index contributed by atoms with van der Waals surface area (Å²) in [5.74, 6) is -0.625. The summed E-state index contributed by atoms with van der Waals surface area (Å²) < 4.78 is 4.27. The number of thioether (sulfide) groups is 1. The Labute approximate surface area is 218 Å². The van der Waals surface area contributed by atoms with Crippen LogP contribution < -0.4 is 11.1 Å². The van der Waals surface area contributed by atoms with Crippen molar-refractivity contribution in [2.75, 3.05) is 12.9 Å². The largest absolute Gasteiger partial charge is 0.467 e. The molecule has 3 rings (SSSR count). The summed E-state index contributed by atoms with van der Waals surface area (Å²) in [6.45, 7) is 3.71. The highest BCUT2D eigenvalue weighted by Crippen LogP contribution is 2.48. The quantitative estimate of drug-likeness (QED) is 0.302. The molecule has 0 aliphatic heterocycles. The Kier molecular flexibility index (Phi) is 10.8. The number of methoxy groups -OCH3 is 1. The molecule has 3 N–H and O–H groups in total. The van der Waals surface area contributed by atoms with Gasteiger partial charge < -0.3 is 15.8 Å². The number of nitrogens with one attached hydrogen (secondary N) is 1. The van der Waals surface area contributed by atoms with Crippen molar-refractivity contribution in [3.8, 4) is 0 Å². The van der Waals surface area contributed by atoms with E-state index in [4.69, 9.17) is 10.5 Å². The number of hydrogen-bond acceptors (Lipinski definition) is 5. The molecule has 0 aliphatic rings. The van der Waals surface area contributed by atoms with Crippen LogP contribution >= 0.6 is 24.2 Å². The summed E-state index contributed by atoms with van der Waals surface area (Å²) in [5.41, 5.74) is 9.65. The second-order valence-electron chi connectivity index (χ2n) is 8.45. The summed E-state index contributed by atoms with van der Waals surface area (Å²) in [6, 6.07) is 29.2. The summed E-state index contributed by atoms with van der Waals surface area (Å²) in [5, 5.41) is 2.77. The van der Waals surface area contributed by atoms with E-state index in [1.54, 1.807) is 11.8 Å². The number of rotatable bonds is 10. The molecule has 186 valence electrons. The fourth-order valence-corrected chi connectivity index (χ4v) is 5.43. The Bertz CT molecular complexity index is 969. The van der Waals surface area contributed by atoms with E-state index in [0.29, 0.717) is 5.75 Å². The highest BCUT2D eigenvalue weighted by molar-refractivity contribution is 8.00. The van der Waals surface area contributed by atoms with Crippen molar-refractivity contribution in [2.24, 2.45) is 11.7 Å². The number of hydrogen-bond donors (Lipinski definition) is 2. The van der Waals surface area contributed by atoms with Gasteiger partial charge in [0.25, 0.3) is 0 Å². The maximum atomic E-state index is 12.9. The van der Waals surface area contributed by atoms with Gasteiger partial charge in [-0.1, -0.05) is 105 Å². The van der Waals surface area contributed by atoms with Gasteiger partial charge >= 0.3 is 5.97 Å². The first-order valence-electron chi connectivity index (χ1n) is 11.3. The molecule has 0 aliphatic carbocycles. The van der Waals surface area contributed by atoms with Gasteiger partial charge in [0.2, 0.25) is 5.91 Å². The molecule has 1 amide bonds. The molecule has 0 saturated heterocycles. The monoisotopic (exact) mass is 512 g/mol. The molecule has 0 saturated carbocycles. The van der Waals surface area contributed by atoms with Gasteiger partial charge in [-0.3, -0.25) is 4.79 Å². The van der Waals surface area contributed by atoms with Crippen LogP contribution in [0.25, 0.3) is 0 Å². The topological polar surface area (TPSA) is 81.4 Å². The zero-order chi connectivity index (χ0) is 24.6. The van der Waals surface area contributed by atoms with E-state index in [0.717, 1.165) is 16.7 Å². The third-order valence-electron chi connectivity index (χ3n) is 5.78. The fourth-order valence-electron chi connectivity index (χ4n) is 3.94. The second-order valence-corrected chi connectivity index (χ2v) is 9.68. The van der Waals surface area contributed by atoms with Crippen molar-refractivity contribution in [2.45, 2.75) is 30.7 Å². The van der Waals surface area contributed by atoms with Crippen LogP contribution in [-0.4, -0.2) is 36.8 Å². The maximum absolute atomic E-state index is 12.9. The average Bonchev–Trinajstić information content (AvgIpc) is 2.88. The van der Waals surface area contributed by atoms with Crippen LogP contribution in [0.2, 0.25) is 0 Å². The molecule has 0 bridgehead atoms. The molecule has 3 aromatic carbocycles. The summed E-state index contributed by atoms with van der Waals surface area (Å²) >= 11 is 1.61. The van der Waals surface area contributed by atoms with Crippen LogP contribution in [-0.2, 0) is 19.1 Å². The number of carbonyl (C=O) groups is 2. The van der Waals surface area contributed by atoms with Crippen molar-refractivity contribution in [1.82, 2.24) is 5.32 Å². The lowest BCUT2D eigenvalue weighted by Crippen LogP contribution is -2.52. The molecular weight excluding hydrogens is 480 g/mol. The van der Waals surface area contributed by atoms with E-state index < -0.39 is 22.8 Å². The van der Waals surface area contributed by atoms with Crippen molar-refractivity contribution >= 4 is 36.0 Å². The predicted octanol–water partition coefficient (Wildman–Crippen LogP) is 4.77. The number of carbonyl (C=O) groups excluding carboxylic acids is 2. The zero-order valence-corrected chi connectivity index (χ0v) is 21.9. The lowest BCUT2D eigenvalue weighted by Gasteiger charge is -2.36. The lowest BCUT2D eigenvalue weighted by molar-refractivity contribution is -0.146. The molecule has 0 fully saturated rings. The minimum Gasteiger partial charge on any atom is -0.467 e. The third-order valence-corrected chi connectivity index (χ3v) is 7.44. The summed E-state index contributed by atoms with van der Waals surface area (Å²) in [6.07, 6.45) is 0. The molecule has 0 radical (unpaired) electrons. The van der Waals surface area contributed by atoms with Crippen LogP contribution in [0.1, 0.15) is 30.5 Å². The molecule has 0 unspecified atom stereocenters. The van der Waals surface area contributed by atoms with Gasteiger partial charge in [-0.15, -0.1) is 24.2 Å². The number of esters is 1. The van der Waals surface area contributed by atoms with Crippen molar-refractivity contribution in [3.63, 3.8) is 0 Å². The van der Waals surface area contributed by atoms with E-state index in [1.807, 2.05) is 68.4 Å². The fraction of sp³-hybridized carbons (Fsp3) is 0.286. The number of nitrogens with two attached hydrogens (primary N) is 1. The average molecular weight is 513 g/mol. The van der Waals surface area contributed by atoms with E-state index >= 15 is 0 Å². The number of amides is 1. The smallest absolute Gasteiger partial charge is 0.328 e. The summed E-state index contributed by atoms with van der Waals surface area (Å²) in [7, 11) is 1.31. The maximum Gasteiger partial charge on any atom is 0.328 e. The Morgan fingerprint density at radius 1 is 0.857 bits per heavy atom. The molecular formula is C28H33ClN2O3S. The predicted molar refractivity (Wildman–Crippen MR) is 146 cm³/mol. The first-order valence-corrected chi connectivity index (χ1v) is 12.3.